The molecule has 0 spiro atoms. The molecule has 0 saturated heterocycles. The summed E-state index contributed by atoms with van der Waals surface area (Å²) >= 11 is 0. The number of hydrogen-bond acceptors (Lipinski definition) is 2. The van der Waals surface area contributed by atoms with Crippen LogP contribution in [0.4, 0.5) is 0 Å². The van der Waals surface area contributed by atoms with Gasteiger partial charge < -0.3 is 5.73 Å². The van der Waals surface area contributed by atoms with Gasteiger partial charge in [-0.25, -0.2) is 0 Å². The number of rotatable bonds is 4. The second-order valence-electron chi connectivity index (χ2n) is 3.83. The summed E-state index contributed by atoms with van der Waals surface area (Å²) in [5.41, 5.74) is 5.50. The molecule has 0 saturated carbocycles. The van der Waals surface area contributed by atoms with Crippen molar-refractivity contribution in [3.05, 3.63) is 0 Å². The van der Waals surface area contributed by atoms with Crippen LogP contribution in [0.3, 0.4) is 0 Å². The molecule has 3 N–H and O–H groups in total. The van der Waals surface area contributed by atoms with Crippen LogP contribution in [0.1, 0.15) is 34.1 Å². The van der Waals surface area contributed by atoms with Gasteiger partial charge in [0.05, 0.1) is 5.66 Å². The van der Waals surface area contributed by atoms with Gasteiger partial charge in [0.2, 0.25) is 0 Å². The molecule has 2 heteroatoms. The molecule has 0 atom stereocenters. The van der Waals surface area contributed by atoms with Gasteiger partial charge in [-0.3, -0.25) is 5.32 Å². The molecule has 0 aliphatic rings. The summed E-state index contributed by atoms with van der Waals surface area (Å²) in [5.74, 6) is 0.759. The summed E-state index contributed by atoms with van der Waals surface area (Å²) in [6.07, 6.45) is 1.20. The van der Waals surface area contributed by atoms with Crippen LogP contribution in [0.5, 0.6) is 0 Å². The van der Waals surface area contributed by atoms with Gasteiger partial charge in [-0.15, -0.1) is 0 Å². The molecule has 0 heterocycles. The average molecular weight is 144 g/mol. The molecule has 0 bridgehead atoms. The number of nitrogens with two attached hydrogens (primary N) is 1. The summed E-state index contributed by atoms with van der Waals surface area (Å²) in [6, 6.07) is 0. The standard InChI is InChI=1S/C8H20N2/c1-7(2)5-6-10-8(3,4)9/h7,10H,5-6,9H2,1-4H3. The molecule has 0 aliphatic heterocycles. The Morgan fingerprint density at radius 2 is 1.90 bits per heavy atom. The van der Waals surface area contributed by atoms with Crippen molar-refractivity contribution in [1.29, 1.82) is 0 Å². The van der Waals surface area contributed by atoms with E-state index < -0.39 is 0 Å². The first kappa shape index (κ1) is 9.92. The van der Waals surface area contributed by atoms with Gasteiger partial charge in [-0.1, -0.05) is 13.8 Å². The molecule has 0 unspecified atom stereocenters. The van der Waals surface area contributed by atoms with Crippen LogP contribution >= 0.6 is 0 Å². The van der Waals surface area contributed by atoms with E-state index in [1.165, 1.54) is 6.42 Å². The van der Waals surface area contributed by atoms with E-state index in [1.54, 1.807) is 0 Å². The van der Waals surface area contributed by atoms with Crippen molar-refractivity contribution in [2.24, 2.45) is 11.7 Å². The smallest absolute Gasteiger partial charge is 0.0603 e. The molecule has 2 nitrogen and oxygen atoms in total. The minimum atomic E-state index is -0.213. The van der Waals surface area contributed by atoms with Crippen molar-refractivity contribution < 1.29 is 0 Å². The maximum Gasteiger partial charge on any atom is 0.0603 e. The Bertz CT molecular complexity index is 81.7. The molecule has 62 valence electrons. The second kappa shape index (κ2) is 3.94. The van der Waals surface area contributed by atoms with Crippen LogP contribution in [-0.4, -0.2) is 12.2 Å². The molecule has 0 aromatic rings. The van der Waals surface area contributed by atoms with Crippen LogP contribution < -0.4 is 11.1 Å². The van der Waals surface area contributed by atoms with Gasteiger partial charge in [0.1, 0.15) is 0 Å². The Labute approximate surface area is 64.2 Å². The Kier molecular flexibility index (Phi) is 3.91. The third kappa shape index (κ3) is 7.92. The van der Waals surface area contributed by atoms with Crippen molar-refractivity contribution in [3.8, 4) is 0 Å². The third-order valence-corrected chi connectivity index (χ3v) is 1.30. The highest BCUT2D eigenvalue weighted by molar-refractivity contribution is 4.67. The highest BCUT2D eigenvalue weighted by Gasteiger charge is 2.07. The number of nitrogens with one attached hydrogen (secondary N) is 1. The highest BCUT2D eigenvalue weighted by atomic mass is 15.1. The predicted octanol–water partition coefficient (Wildman–Crippen LogP) is 1.32. The second-order valence-corrected chi connectivity index (χ2v) is 3.83. The van der Waals surface area contributed by atoms with Crippen molar-refractivity contribution in [1.82, 2.24) is 5.32 Å². The molecular weight excluding hydrogens is 124 g/mol. The Hall–Kier alpha value is -0.0800. The molecule has 0 radical (unpaired) electrons. The normalized spacial score (nSPS) is 12.6. The highest BCUT2D eigenvalue weighted by Crippen LogP contribution is 1.98. The van der Waals surface area contributed by atoms with Gasteiger partial charge in [0, 0.05) is 0 Å². The SMILES string of the molecule is CC(C)CCNC(C)(C)N. The van der Waals surface area contributed by atoms with E-state index in [-0.39, 0.29) is 5.66 Å². The molecule has 0 aromatic heterocycles. The van der Waals surface area contributed by atoms with E-state index >= 15 is 0 Å². The third-order valence-electron chi connectivity index (χ3n) is 1.30. The first-order chi connectivity index (χ1) is 4.42. The minimum absolute atomic E-state index is 0.213. The predicted molar refractivity (Wildman–Crippen MR) is 45.7 cm³/mol. The van der Waals surface area contributed by atoms with Crippen molar-refractivity contribution in [3.63, 3.8) is 0 Å². The lowest BCUT2D eigenvalue weighted by Crippen LogP contribution is -2.48. The summed E-state index contributed by atoms with van der Waals surface area (Å²) in [4.78, 5) is 0. The van der Waals surface area contributed by atoms with Gasteiger partial charge in [-0.05, 0) is 32.7 Å². The van der Waals surface area contributed by atoms with E-state index in [1.807, 2.05) is 13.8 Å². The van der Waals surface area contributed by atoms with Crippen LogP contribution in [0.15, 0.2) is 0 Å². The zero-order valence-corrected chi connectivity index (χ0v) is 7.57. The average Bonchev–Trinajstić information content (AvgIpc) is 1.59. The number of hydrogen-bond donors (Lipinski definition) is 2. The Balaban J connectivity index is 3.21. The largest absolute Gasteiger partial charge is 0.314 e. The first-order valence-electron chi connectivity index (χ1n) is 3.96. The maximum absolute atomic E-state index is 5.71. The summed E-state index contributed by atoms with van der Waals surface area (Å²) < 4.78 is 0. The molecule has 0 amide bonds. The van der Waals surface area contributed by atoms with Gasteiger partial charge in [0.25, 0.3) is 0 Å². The lowest BCUT2D eigenvalue weighted by atomic mass is 10.1. The summed E-state index contributed by atoms with van der Waals surface area (Å²) in [7, 11) is 0. The fraction of sp³-hybridized carbons (Fsp3) is 1.00. The van der Waals surface area contributed by atoms with Gasteiger partial charge >= 0.3 is 0 Å². The molecule has 0 aliphatic carbocycles. The van der Waals surface area contributed by atoms with Crippen molar-refractivity contribution >= 4 is 0 Å². The van der Waals surface area contributed by atoms with Crippen LogP contribution in [0, 0.1) is 5.92 Å². The minimum Gasteiger partial charge on any atom is -0.314 e. The van der Waals surface area contributed by atoms with Crippen LogP contribution in [0.2, 0.25) is 0 Å². The molecule has 0 fully saturated rings. The Morgan fingerprint density at radius 1 is 1.40 bits per heavy atom. The monoisotopic (exact) mass is 144 g/mol. The molecule has 10 heavy (non-hydrogen) atoms. The van der Waals surface area contributed by atoms with E-state index in [4.69, 9.17) is 5.73 Å². The topological polar surface area (TPSA) is 38.0 Å². The van der Waals surface area contributed by atoms with Crippen molar-refractivity contribution in [2.45, 2.75) is 39.8 Å². The fourth-order valence-electron chi connectivity index (χ4n) is 0.683. The van der Waals surface area contributed by atoms with E-state index in [9.17, 15) is 0 Å². The van der Waals surface area contributed by atoms with Crippen LogP contribution in [0.25, 0.3) is 0 Å². The van der Waals surface area contributed by atoms with Crippen molar-refractivity contribution in [2.75, 3.05) is 6.54 Å². The van der Waals surface area contributed by atoms with Crippen LogP contribution in [-0.2, 0) is 0 Å². The fourth-order valence-corrected chi connectivity index (χ4v) is 0.683. The summed E-state index contributed by atoms with van der Waals surface area (Å²) in [6.45, 7) is 9.40. The molecule has 0 aromatic carbocycles. The molecule has 0 rings (SSSR count). The van der Waals surface area contributed by atoms with E-state index in [2.05, 4.69) is 19.2 Å². The maximum atomic E-state index is 5.71. The zero-order valence-electron chi connectivity index (χ0n) is 7.57. The first-order valence-corrected chi connectivity index (χ1v) is 3.96. The lowest BCUT2D eigenvalue weighted by molar-refractivity contribution is 0.384. The Morgan fingerprint density at radius 3 is 2.20 bits per heavy atom. The van der Waals surface area contributed by atoms with Gasteiger partial charge in [-0.2, -0.15) is 0 Å². The lowest BCUT2D eigenvalue weighted by Gasteiger charge is -2.20. The quantitative estimate of drug-likeness (QED) is 0.584. The van der Waals surface area contributed by atoms with E-state index in [0.29, 0.717) is 0 Å². The molecular formula is C8H20N2. The summed E-state index contributed by atoms with van der Waals surface area (Å²) in [5, 5.41) is 3.23. The van der Waals surface area contributed by atoms with Gasteiger partial charge in [0.15, 0.2) is 0 Å². The zero-order chi connectivity index (χ0) is 8.20. The van der Waals surface area contributed by atoms with E-state index in [0.717, 1.165) is 12.5 Å².